The first-order valence-electron chi connectivity index (χ1n) is 7.10. The Kier molecular flexibility index (Phi) is 4.62. The van der Waals surface area contributed by atoms with E-state index in [-0.39, 0.29) is 18.0 Å². The van der Waals surface area contributed by atoms with Crippen molar-refractivity contribution in [1.29, 1.82) is 0 Å². The van der Waals surface area contributed by atoms with Crippen LogP contribution in [0.25, 0.3) is 0 Å². The molecule has 0 amide bonds. The number of rotatable bonds is 4. The van der Waals surface area contributed by atoms with Gasteiger partial charge in [-0.25, -0.2) is 4.39 Å². The molecule has 0 radical (unpaired) electrons. The van der Waals surface area contributed by atoms with Gasteiger partial charge in [0.25, 0.3) is 0 Å². The molecule has 1 aromatic carbocycles. The van der Waals surface area contributed by atoms with E-state index >= 15 is 0 Å². The van der Waals surface area contributed by atoms with Crippen molar-refractivity contribution in [3.63, 3.8) is 0 Å². The number of halogens is 2. The summed E-state index contributed by atoms with van der Waals surface area (Å²) in [5.74, 6) is 0.573. The summed E-state index contributed by atoms with van der Waals surface area (Å²) in [7, 11) is 0. The predicted octanol–water partition coefficient (Wildman–Crippen LogP) is 5.21. The zero-order valence-electron chi connectivity index (χ0n) is 11.7. The van der Waals surface area contributed by atoms with Crippen molar-refractivity contribution in [2.75, 3.05) is 6.54 Å². The molecule has 1 aromatic heterocycles. The first-order valence-corrected chi connectivity index (χ1v) is 8.78. The smallest absolute Gasteiger partial charge is 0.135 e. The highest BCUT2D eigenvalue weighted by Gasteiger charge is 2.30. The molecule has 1 aliphatic heterocycles. The topological polar surface area (TPSA) is 21.3 Å². The maximum absolute atomic E-state index is 13.5. The Morgan fingerprint density at radius 2 is 2.29 bits per heavy atom. The average molecular weight is 370 g/mol. The summed E-state index contributed by atoms with van der Waals surface area (Å²) in [6.07, 6.45) is 1.90. The Hall–Kier alpha value is -0.910. The molecule has 0 saturated carbocycles. The van der Waals surface area contributed by atoms with Crippen molar-refractivity contribution in [2.24, 2.45) is 0 Å². The lowest BCUT2D eigenvalue weighted by Crippen LogP contribution is -2.29. The fraction of sp³-hybridized carbons (Fsp3) is 0.375. The quantitative estimate of drug-likeness (QED) is 0.797. The Balaban J connectivity index is 1.90. The fourth-order valence-corrected chi connectivity index (χ4v) is 4.11. The van der Waals surface area contributed by atoms with Gasteiger partial charge < -0.3 is 10.1 Å². The molecule has 5 heteroatoms. The molecule has 0 saturated heterocycles. The van der Waals surface area contributed by atoms with Gasteiger partial charge in [-0.15, -0.1) is 11.3 Å². The number of nitrogens with one attached hydrogen (secondary N) is 1. The highest BCUT2D eigenvalue weighted by atomic mass is 79.9. The van der Waals surface area contributed by atoms with E-state index in [4.69, 9.17) is 4.74 Å². The summed E-state index contributed by atoms with van der Waals surface area (Å²) < 4.78 is 20.7. The molecular formula is C16H17BrFNOS. The molecule has 21 heavy (non-hydrogen) atoms. The number of hydrogen-bond acceptors (Lipinski definition) is 3. The zero-order chi connectivity index (χ0) is 14.8. The molecule has 0 aliphatic carbocycles. The molecule has 2 atom stereocenters. The van der Waals surface area contributed by atoms with E-state index in [9.17, 15) is 4.39 Å². The maximum Gasteiger partial charge on any atom is 0.135 e. The van der Waals surface area contributed by atoms with Crippen LogP contribution < -0.4 is 10.1 Å². The lowest BCUT2D eigenvalue weighted by Gasteiger charge is -2.32. The molecule has 2 nitrogen and oxygen atoms in total. The van der Waals surface area contributed by atoms with Crippen LogP contribution in [-0.4, -0.2) is 6.54 Å². The van der Waals surface area contributed by atoms with Crippen molar-refractivity contribution in [2.45, 2.75) is 31.9 Å². The highest BCUT2D eigenvalue weighted by molar-refractivity contribution is 9.10. The molecule has 0 fully saturated rings. The number of ether oxygens (including phenoxy) is 1. The first kappa shape index (κ1) is 15.0. The Bertz CT molecular complexity index is 630. The molecular weight excluding hydrogens is 353 g/mol. The minimum Gasteiger partial charge on any atom is -0.484 e. The van der Waals surface area contributed by atoms with E-state index < -0.39 is 0 Å². The van der Waals surface area contributed by atoms with Gasteiger partial charge in [0.1, 0.15) is 17.7 Å². The van der Waals surface area contributed by atoms with Crippen LogP contribution in [0.15, 0.2) is 34.1 Å². The van der Waals surface area contributed by atoms with Crippen molar-refractivity contribution < 1.29 is 9.13 Å². The van der Waals surface area contributed by atoms with E-state index in [2.05, 4.69) is 39.6 Å². The van der Waals surface area contributed by atoms with Crippen LogP contribution in [0.3, 0.4) is 0 Å². The third-order valence-corrected chi connectivity index (χ3v) is 5.40. The third-order valence-electron chi connectivity index (χ3n) is 3.61. The molecule has 1 aliphatic rings. The van der Waals surface area contributed by atoms with E-state index in [1.165, 1.54) is 10.9 Å². The summed E-state index contributed by atoms with van der Waals surface area (Å²) in [5.41, 5.74) is 0.926. The standard InChI is InChI=1S/C16H17BrFNOS/c1-2-5-19-13-8-15(16-6-10(17)9-21-16)20-14-4-3-11(18)7-12(13)14/h3-4,6-7,9,13,15,19H,2,5,8H2,1H3. The fourth-order valence-electron chi connectivity index (χ4n) is 2.62. The second kappa shape index (κ2) is 6.46. The average Bonchev–Trinajstić information content (AvgIpc) is 2.91. The minimum absolute atomic E-state index is 0.0219. The van der Waals surface area contributed by atoms with Gasteiger partial charge in [0.2, 0.25) is 0 Å². The number of benzene rings is 1. The SMILES string of the molecule is CCCNC1CC(c2cc(Br)cs2)Oc2ccc(F)cc21. The predicted molar refractivity (Wildman–Crippen MR) is 87.4 cm³/mol. The molecule has 0 bridgehead atoms. The van der Waals surface area contributed by atoms with E-state index in [1.54, 1.807) is 23.5 Å². The van der Waals surface area contributed by atoms with Crippen LogP contribution in [0.4, 0.5) is 4.39 Å². The largest absolute Gasteiger partial charge is 0.484 e. The van der Waals surface area contributed by atoms with Crippen LogP contribution in [-0.2, 0) is 0 Å². The van der Waals surface area contributed by atoms with Gasteiger partial charge in [-0.1, -0.05) is 6.92 Å². The van der Waals surface area contributed by atoms with Gasteiger partial charge in [0.15, 0.2) is 0 Å². The van der Waals surface area contributed by atoms with Crippen LogP contribution >= 0.6 is 27.3 Å². The van der Waals surface area contributed by atoms with Crippen molar-refractivity contribution in [1.82, 2.24) is 5.32 Å². The normalized spacial score (nSPS) is 20.9. The molecule has 3 rings (SSSR count). The van der Waals surface area contributed by atoms with E-state index in [1.807, 2.05) is 0 Å². The number of fused-ring (bicyclic) bond motifs is 1. The summed E-state index contributed by atoms with van der Waals surface area (Å²) in [6, 6.07) is 7.02. The minimum atomic E-state index is -0.210. The lowest BCUT2D eigenvalue weighted by atomic mass is 9.95. The highest BCUT2D eigenvalue weighted by Crippen LogP contribution is 2.42. The maximum atomic E-state index is 13.5. The van der Waals surface area contributed by atoms with Gasteiger partial charge in [-0.05, 0) is 53.2 Å². The van der Waals surface area contributed by atoms with Crippen LogP contribution in [0.1, 0.15) is 42.4 Å². The molecule has 2 heterocycles. The Morgan fingerprint density at radius 1 is 1.43 bits per heavy atom. The van der Waals surface area contributed by atoms with Crippen LogP contribution in [0.2, 0.25) is 0 Å². The van der Waals surface area contributed by atoms with Gasteiger partial charge in [-0.2, -0.15) is 0 Å². The number of hydrogen-bond donors (Lipinski definition) is 1. The van der Waals surface area contributed by atoms with Gasteiger partial charge in [0.05, 0.1) is 0 Å². The van der Waals surface area contributed by atoms with Crippen molar-refractivity contribution in [3.05, 3.63) is 50.4 Å². The van der Waals surface area contributed by atoms with Gasteiger partial charge >= 0.3 is 0 Å². The molecule has 0 spiro atoms. The third kappa shape index (κ3) is 3.30. The van der Waals surface area contributed by atoms with Gasteiger partial charge in [-0.3, -0.25) is 0 Å². The second-order valence-corrected chi connectivity index (χ2v) is 7.06. The zero-order valence-corrected chi connectivity index (χ0v) is 14.1. The summed E-state index contributed by atoms with van der Waals surface area (Å²) in [6.45, 7) is 3.05. The van der Waals surface area contributed by atoms with Crippen LogP contribution in [0, 0.1) is 5.82 Å². The van der Waals surface area contributed by atoms with Crippen LogP contribution in [0.5, 0.6) is 5.75 Å². The summed E-state index contributed by atoms with van der Waals surface area (Å²) in [5, 5.41) is 5.57. The number of thiophene rings is 1. The molecule has 2 unspecified atom stereocenters. The molecule has 2 aromatic rings. The Morgan fingerprint density at radius 3 is 3.00 bits per heavy atom. The lowest BCUT2D eigenvalue weighted by molar-refractivity contribution is 0.154. The molecule has 1 N–H and O–H groups in total. The summed E-state index contributed by atoms with van der Waals surface area (Å²) in [4.78, 5) is 1.19. The van der Waals surface area contributed by atoms with E-state index in [0.717, 1.165) is 35.2 Å². The molecule has 112 valence electrons. The van der Waals surface area contributed by atoms with Crippen molar-refractivity contribution in [3.8, 4) is 5.75 Å². The van der Waals surface area contributed by atoms with Gasteiger partial charge in [0, 0.05) is 32.8 Å². The Labute approximate surface area is 136 Å². The van der Waals surface area contributed by atoms with Crippen molar-refractivity contribution >= 4 is 27.3 Å². The monoisotopic (exact) mass is 369 g/mol. The summed E-state index contributed by atoms with van der Waals surface area (Å²) >= 11 is 5.17. The first-order chi connectivity index (χ1) is 10.2. The second-order valence-electron chi connectivity index (χ2n) is 5.20. The van der Waals surface area contributed by atoms with E-state index in [0.29, 0.717) is 0 Å².